The Hall–Kier alpha value is -3.47. The van der Waals surface area contributed by atoms with Crippen LogP contribution in [0.25, 0.3) is 11.0 Å². The fourth-order valence-electron chi connectivity index (χ4n) is 3.14. The van der Waals surface area contributed by atoms with Crippen LogP contribution in [0.2, 0.25) is 0 Å². The maximum Gasteiger partial charge on any atom is 0.332 e. The zero-order valence-electron chi connectivity index (χ0n) is 17.6. The molecule has 0 fully saturated rings. The molecule has 0 saturated carbocycles. The van der Waals surface area contributed by atoms with E-state index >= 15 is 0 Å². The number of aromatic nitrogens is 3. The number of hydrogen-bond acceptors (Lipinski definition) is 6. The smallest absolute Gasteiger partial charge is 0.320 e. The van der Waals surface area contributed by atoms with Crippen molar-refractivity contribution in [1.29, 1.82) is 0 Å². The average molecular weight is 446 g/mol. The van der Waals surface area contributed by atoms with E-state index < -0.39 is 27.2 Å². The summed E-state index contributed by atoms with van der Waals surface area (Å²) >= 11 is 0. The molecule has 11 heteroatoms. The van der Waals surface area contributed by atoms with E-state index in [0.717, 1.165) is 4.57 Å². The van der Waals surface area contributed by atoms with Crippen molar-refractivity contribution in [2.45, 2.75) is 20.3 Å². The summed E-state index contributed by atoms with van der Waals surface area (Å²) < 4.78 is 28.8. The summed E-state index contributed by atoms with van der Waals surface area (Å²) in [5, 5.41) is 2.92. The molecule has 2 N–H and O–H groups in total. The summed E-state index contributed by atoms with van der Waals surface area (Å²) in [6.45, 7) is 3.45. The van der Waals surface area contributed by atoms with Gasteiger partial charge in [-0.1, -0.05) is 13.0 Å². The van der Waals surface area contributed by atoms with Crippen LogP contribution in [0.5, 0.6) is 0 Å². The highest BCUT2D eigenvalue weighted by molar-refractivity contribution is 7.92. The third-order valence-corrected chi connectivity index (χ3v) is 6.33. The van der Waals surface area contributed by atoms with E-state index in [1.807, 2.05) is 0 Å². The third kappa shape index (κ3) is 4.36. The van der Waals surface area contributed by atoms with Gasteiger partial charge in [0.05, 0.1) is 16.8 Å². The number of nitrogens with one attached hydrogen (secondary N) is 2. The normalized spacial score (nSPS) is 11.5. The van der Waals surface area contributed by atoms with Crippen molar-refractivity contribution < 1.29 is 13.2 Å². The van der Waals surface area contributed by atoms with Crippen molar-refractivity contribution in [1.82, 2.24) is 14.1 Å². The van der Waals surface area contributed by atoms with E-state index in [1.54, 1.807) is 32.0 Å². The second-order valence-electron chi connectivity index (χ2n) is 7.13. The first-order valence-electron chi connectivity index (χ1n) is 9.54. The summed E-state index contributed by atoms with van der Waals surface area (Å²) in [7, 11) is -0.647. The third-order valence-electron chi connectivity index (χ3n) is 4.85. The molecule has 0 aliphatic heterocycles. The van der Waals surface area contributed by atoms with Gasteiger partial charge in [-0.3, -0.25) is 23.4 Å². The number of sulfonamides is 1. The van der Waals surface area contributed by atoms with Crippen molar-refractivity contribution in [3.05, 3.63) is 62.4 Å². The van der Waals surface area contributed by atoms with Crippen molar-refractivity contribution >= 4 is 38.3 Å². The van der Waals surface area contributed by atoms with Gasteiger partial charge in [-0.05, 0) is 43.2 Å². The van der Waals surface area contributed by atoms with Crippen molar-refractivity contribution in [3.63, 3.8) is 0 Å². The average Bonchev–Trinajstić information content (AvgIpc) is 2.72. The van der Waals surface area contributed by atoms with Gasteiger partial charge in [-0.2, -0.15) is 0 Å². The molecule has 0 spiro atoms. The molecule has 10 nitrogen and oxygen atoms in total. The first-order valence-corrected chi connectivity index (χ1v) is 11.2. The molecule has 2 heterocycles. The number of nitrogens with zero attached hydrogens (tertiary/aromatic N) is 3. The molecule has 1 amide bonds. The Morgan fingerprint density at radius 3 is 2.42 bits per heavy atom. The van der Waals surface area contributed by atoms with Crippen LogP contribution in [0.1, 0.15) is 29.4 Å². The zero-order valence-corrected chi connectivity index (χ0v) is 18.4. The van der Waals surface area contributed by atoms with Gasteiger partial charge in [0, 0.05) is 19.8 Å². The summed E-state index contributed by atoms with van der Waals surface area (Å²) in [4.78, 5) is 41.4. The summed E-state index contributed by atoms with van der Waals surface area (Å²) in [5.41, 5.74) is 0.360. The Kier molecular flexibility index (Phi) is 5.98. The molecule has 0 aliphatic carbocycles. The van der Waals surface area contributed by atoms with Crippen molar-refractivity contribution in [3.8, 4) is 0 Å². The van der Waals surface area contributed by atoms with Crippen molar-refractivity contribution in [2.75, 3.05) is 15.8 Å². The maximum atomic E-state index is 12.8. The lowest BCUT2D eigenvalue weighted by Gasteiger charge is -2.14. The number of carbonyl (C=O) groups is 1. The molecule has 3 aromatic rings. The topological polar surface area (TPSA) is 132 Å². The summed E-state index contributed by atoms with van der Waals surface area (Å²) in [6, 6.07) is 7.71. The lowest BCUT2D eigenvalue weighted by Crippen LogP contribution is -2.37. The first-order chi connectivity index (χ1) is 14.6. The first kappa shape index (κ1) is 22.2. The van der Waals surface area contributed by atoms with Crippen molar-refractivity contribution in [2.24, 2.45) is 14.1 Å². The molecule has 164 valence electrons. The minimum atomic E-state index is -3.48. The standard InChI is InChI=1S/C20H23N5O5S/c1-5-11-31(29,30)23-15-8-6-7-14(12(15)2)22-18(26)16-10-9-13-17(21-16)24(3)20(28)25(4)19(13)27/h6-10,23H,5,11H2,1-4H3,(H,22,26). The number of anilines is 2. The maximum absolute atomic E-state index is 12.8. The Bertz CT molecular complexity index is 1410. The fourth-order valence-corrected chi connectivity index (χ4v) is 4.33. The zero-order chi connectivity index (χ0) is 22.9. The molecule has 0 unspecified atom stereocenters. The highest BCUT2D eigenvalue weighted by Gasteiger charge is 2.16. The Morgan fingerprint density at radius 1 is 1.06 bits per heavy atom. The van der Waals surface area contributed by atoms with Crippen LogP contribution in [0.3, 0.4) is 0 Å². The predicted molar refractivity (Wildman–Crippen MR) is 119 cm³/mol. The van der Waals surface area contributed by atoms with Crippen LogP contribution in [-0.2, 0) is 24.1 Å². The molecular formula is C20H23N5O5S. The minimum absolute atomic E-state index is 0.00659. The van der Waals surface area contributed by atoms with E-state index in [4.69, 9.17) is 0 Å². The van der Waals surface area contributed by atoms with Crippen LogP contribution in [-0.4, -0.2) is 34.2 Å². The van der Waals surface area contributed by atoms with Gasteiger partial charge in [-0.25, -0.2) is 18.2 Å². The molecule has 0 aliphatic rings. The van der Waals surface area contributed by atoms with Crippen LogP contribution in [0, 0.1) is 6.92 Å². The number of aryl methyl sites for hydroxylation is 1. The highest BCUT2D eigenvalue weighted by Crippen LogP contribution is 2.25. The monoisotopic (exact) mass is 445 g/mol. The molecule has 31 heavy (non-hydrogen) atoms. The predicted octanol–water partition coefficient (Wildman–Crippen LogP) is 1.34. The molecular weight excluding hydrogens is 422 g/mol. The van der Waals surface area contributed by atoms with Crippen LogP contribution < -0.4 is 21.3 Å². The van der Waals surface area contributed by atoms with E-state index in [9.17, 15) is 22.8 Å². The van der Waals surface area contributed by atoms with Gasteiger partial charge in [0.1, 0.15) is 11.3 Å². The Morgan fingerprint density at radius 2 is 1.74 bits per heavy atom. The Balaban J connectivity index is 1.95. The van der Waals surface area contributed by atoms with Crippen LogP contribution >= 0.6 is 0 Å². The SMILES string of the molecule is CCCS(=O)(=O)Nc1cccc(NC(=O)c2ccc3c(=O)n(C)c(=O)n(C)c3n2)c1C. The molecule has 0 radical (unpaired) electrons. The number of hydrogen-bond donors (Lipinski definition) is 2. The highest BCUT2D eigenvalue weighted by atomic mass is 32.2. The number of fused-ring (bicyclic) bond motifs is 1. The van der Waals surface area contributed by atoms with Gasteiger partial charge in [0.15, 0.2) is 0 Å². The number of rotatable bonds is 6. The van der Waals surface area contributed by atoms with Gasteiger partial charge in [0.25, 0.3) is 11.5 Å². The van der Waals surface area contributed by atoms with Crippen LogP contribution in [0.4, 0.5) is 11.4 Å². The number of benzene rings is 1. The van der Waals surface area contributed by atoms with Gasteiger partial charge >= 0.3 is 5.69 Å². The quantitative estimate of drug-likeness (QED) is 0.589. The molecule has 0 atom stereocenters. The fraction of sp³-hybridized carbons (Fsp3) is 0.300. The second-order valence-corrected chi connectivity index (χ2v) is 8.97. The number of pyridine rings is 1. The molecule has 0 saturated heterocycles. The molecule has 1 aromatic carbocycles. The lowest BCUT2D eigenvalue weighted by atomic mass is 10.1. The molecule has 0 bridgehead atoms. The van der Waals surface area contributed by atoms with Gasteiger partial charge < -0.3 is 5.32 Å². The van der Waals surface area contributed by atoms with E-state index in [1.165, 1.54) is 30.8 Å². The van der Waals surface area contributed by atoms with E-state index in [0.29, 0.717) is 23.4 Å². The van der Waals surface area contributed by atoms with E-state index in [2.05, 4.69) is 15.0 Å². The summed E-state index contributed by atoms with van der Waals surface area (Å²) in [5.74, 6) is -0.575. The number of carbonyl (C=O) groups excluding carboxylic acids is 1. The molecule has 2 aromatic heterocycles. The summed E-state index contributed by atoms with van der Waals surface area (Å²) in [6.07, 6.45) is 0.476. The van der Waals surface area contributed by atoms with Gasteiger partial charge in [0.2, 0.25) is 10.0 Å². The number of amides is 1. The Labute approximate surface area is 178 Å². The van der Waals surface area contributed by atoms with E-state index in [-0.39, 0.29) is 22.5 Å². The van der Waals surface area contributed by atoms with Crippen LogP contribution in [0.15, 0.2) is 39.9 Å². The lowest BCUT2D eigenvalue weighted by molar-refractivity contribution is 0.102. The van der Waals surface area contributed by atoms with Gasteiger partial charge in [-0.15, -0.1) is 0 Å². The second kappa shape index (κ2) is 8.34. The minimum Gasteiger partial charge on any atom is -0.320 e. The molecule has 3 rings (SSSR count). The largest absolute Gasteiger partial charge is 0.332 e.